The number of phenolic OH excluding ortho intramolecular Hbond substituents is 1. The number of carbonyl (C=O) groups is 1. The lowest BCUT2D eigenvalue weighted by molar-refractivity contribution is -0.147. The van der Waals surface area contributed by atoms with Crippen LogP contribution in [0.2, 0.25) is 0 Å². The van der Waals surface area contributed by atoms with Crippen LogP contribution in [-0.2, 0) is 16.0 Å². The average Bonchev–Trinajstić information content (AvgIpc) is 2.40. The van der Waals surface area contributed by atoms with Gasteiger partial charge in [-0.2, -0.15) is 0 Å². The van der Waals surface area contributed by atoms with E-state index >= 15 is 0 Å². The highest BCUT2D eigenvalue weighted by molar-refractivity contribution is 5.82. The number of hydrogen-bond acceptors (Lipinski definition) is 4. The zero-order valence-electron chi connectivity index (χ0n) is 12.0. The number of benzene rings is 1. The van der Waals surface area contributed by atoms with Gasteiger partial charge in [-0.15, -0.1) is 0 Å². The monoisotopic (exact) mass is 278 g/mol. The van der Waals surface area contributed by atoms with Crippen molar-refractivity contribution < 1.29 is 14.6 Å². The van der Waals surface area contributed by atoms with Gasteiger partial charge < -0.3 is 20.5 Å². The van der Waals surface area contributed by atoms with Crippen molar-refractivity contribution >= 4 is 5.91 Å². The number of ether oxygens (including phenoxy) is 1. The normalized spacial score (nSPS) is 19.6. The van der Waals surface area contributed by atoms with E-state index in [0.29, 0.717) is 26.2 Å². The standard InChI is InChI=1S/C15H22N2O3/c1-15(2)10-20-8-7-17(15)14(19)13(16)9-11-3-5-12(18)6-4-11/h3-6,13,18H,7-10,16H2,1-2H3. The summed E-state index contributed by atoms with van der Waals surface area (Å²) in [7, 11) is 0. The number of morpholine rings is 1. The van der Waals surface area contributed by atoms with Gasteiger partial charge in [-0.05, 0) is 38.0 Å². The minimum absolute atomic E-state index is 0.0497. The third-order valence-corrected chi connectivity index (χ3v) is 3.62. The predicted octanol–water partition coefficient (Wildman–Crippen LogP) is 0.899. The van der Waals surface area contributed by atoms with Crippen LogP contribution in [0, 0.1) is 0 Å². The van der Waals surface area contributed by atoms with Gasteiger partial charge in [0, 0.05) is 6.54 Å². The van der Waals surface area contributed by atoms with Crippen molar-refractivity contribution in [3.8, 4) is 5.75 Å². The van der Waals surface area contributed by atoms with E-state index in [1.807, 2.05) is 18.7 Å². The fraction of sp³-hybridized carbons (Fsp3) is 0.533. The highest BCUT2D eigenvalue weighted by Crippen LogP contribution is 2.20. The first-order chi connectivity index (χ1) is 9.40. The molecule has 1 heterocycles. The van der Waals surface area contributed by atoms with Gasteiger partial charge in [0.2, 0.25) is 5.91 Å². The number of carbonyl (C=O) groups excluding carboxylic acids is 1. The Morgan fingerprint density at radius 3 is 2.70 bits per heavy atom. The Labute approximate surface area is 119 Å². The minimum Gasteiger partial charge on any atom is -0.508 e. The van der Waals surface area contributed by atoms with Crippen molar-refractivity contribution in [2.75, 3.05) is 19.8 Å². The summed E-state index contributed by atoms with van der Waals surface area (Å²) in [5, 5.41) is 9.25. The second-order valence-corrected chi connectivity index (χ2v) is 5.83. The van der Waals surface area contributed by atoms with Crippen molar-refractivity contribution in [2.45, 2.75) is 31.8 Å². The van der Waals surface area contributed by atoms with E-state index in [-0.39, 0.29) is 17.2 Å². The first-order valence-electron chi connectivity index (χ1n) is 6.83. The molecule has 1 aliphatic heterocycles. The van der Waals surface area contributed by atoms with Gasteiger partial charge in [-0.3, -0.25) is 4.79 Å². The fourth-order valence-corrected chi connectivity index (χ4v) is 2.44. The highest BCUT2D eigenvalue weighted by Gasteiger charge is 2.36. The summed E-state index contributed by atoms with van der Waals surface area (Å²) < 4.78 is 5.41. The van der Waals surface area contributed by atoms with Crippen molar-refractivity contribution in [1.29, 1.82) is 0 Å². The Hall–Kier alpha value is -1.59. The summed E-state index contributed by atoms with van der Waals surface area (Å²) in [4.78, 5) is 14.3. The number of nitrogens with two attached hydrogens (primary N) is 1. The Kier molecular flexibility index (Phi) is 4.30. The summed E-state index contributed by atoms with van der Waals surface area (Å²) in [6, 6.07) is 6.20. The topological polar surface area (TPSA) is 75.8 Å². The lowest BCUT2D eigenvalue weighted by Gasteiger charge is -2.43. The Bertz CT molecular complexity index is 471. The summed E-state index contributed by atoms with van der Waals surface area (Å²) in [6.45, 7) is 5.63. The largest absolute Gasteiger partial charge is 0.508 e. The first kappa shape index (κ1) is 14.8. The molecule has 0 bridgehead atoms. The molecule has 20 heavy (non-hydrogen) atoms. The molecule has 1 aromatic carbocycles. The van der Waals surface area contributed by atoms with Gasteiger partial charge in [0.1, 0.15) is 5.75 Å². The van der Waals surface area contributed by atoms with Crippen LogP contribution in [0.5, 0.6) is 5.75 Å². The highest BCUT2D eigenvalue weighted by atomic mass is 16.5. The Morgan fingerprint density at radius 1 is 1.45 bits per heavy atom. The molecule has 1 amide bonds. The van der Waals surface area contributed by atoms with E-state index in [9.17, 15) is 9.90 Å². The maximum absolute atomic E-state index is 12.5. The number of phenols is 1. The van der Waals surface area contributed by atoms with Gasteiger partial charge in [-0.1, -0.05) is 12.1 Å². The number of amides is 1. The van der Waals surface area contributed by atoms with Crippen molar-refractivity contribution in [3.05, 3.63) is 29.8 Å². The number of nitrogens with zero attached hydrogens (tertiary/aromatic N) is 1. The predicted molar refractivity (Wildman–Crippen MR) is 76.4 cm³/mol. The summed E-state index contributed by atoms with van der Waals surface area (Å²) in [5.74, 6) is 0.161. The fourth-order valence-electron chi connectivity index (χ4n) is 2.44. The quantitative estimate of drug-likeness (QED) is 0.861. The molecule has 0 aliphatic carbocycles. The lowest BCUT2D eigenvalue weighted by atomic mass is 9.99. The summed E-state index contributed by atoms with van der Waals surface area (Å²) in [5.41, 5.74) is 6.67. The van der Waals surface area contributed by atoms with E-state index in [0.717, 1.165) is 5.56 Å². The third-order valence-electron chi connectivity index (χ3n) is 3.62. The molecule has 1 unspecified atom stereocenters. The van der Waals surface area contributed by atoms with E-state index in [2.05, 4.69) is 0 Å². The second-order valence-electron chi connectivity index (χ2n) is 5.83. The Morgan fingerprint density at radius 2 is 2.10 bits per heavy atom. The SMILES string of the molecule is CC1(C)COCCN1C(=O)C(N)Cc1ccc(O)cc1. The number of rotatable bonds is 3. The first-order valence-corrected chi connectivity index (χ1v) is 6.83. The molecule has 5 nitrogen and oxygen atoms in total. The molecule has 0 spiro atoms. The lowest BCUT2D eigenvalue weighted by Crippen LogP contribution is -2.59. The summed E-state index contributed by atoms with van der Waals surface area (Å²) in [6.07, 6.45) is 0.465. The minimum atomic E-state index is -0.572. The van der Waals surface area contributed by atoms with Crippen LogP contribution in [0.3, 0.4) is 0 Å². The molecule has 1 aromatic rings. The maximum atomic E-state index is 12.5. The van der Waals surface area contributed by atoms with Crippen LogP contribution in [0.1, 0.15) is 19.4 Å². The maximum Gasteiger partial charge on any atom is 0.240 e. The van der Waals surface area contributed by atoms with Crippen molar-refractivity contribution in [1.82, 2.24) is 4.90 Å². The molecule has 1 saturated heterocycles. The van der Waals surface area contributed by atoms with Crippen LogP contribution in [0.15, 0.2) is 24.3 Å². The number of hydrogen-bond donors (Lipinski definition) is 2. The van der Waals surface area contributed by atoms with Gasteiger partial charge in [-0.25, -0.2) is 0 Å². The second kappa shape index (κ2) is 5.81. The van der Waals surface area contributed by atoms with Crippen LogP contribution in [-0.4, -0.2) is 47.3 Å². The average molecular weight is 278 g/mol. The molecular weight excluding hydrogens is 256 g/mol. The van der Waals surface area contributed by atoms with Gasteiger partial charge in [0.05, 0.1) is 24.8 Å². The van der Waals surface area contributed by atoms with Gasteiger partial charge in [0.15, 0.2) is 0 Å². The van der Waals surface area contributed by atoms with Gasteiger partial charge >= 0.3 is 0 Å². The molecule has 1 fully saturated rings. The van der Waals surface area contributed by atoms with Crippen LogP contribution < -0.4 is 5.73 Å². The van der Waals surface area contributed by atoms with Crippen LogP contribution >= 0.6 is 0 Å². The van der Waals surface area contributed by atoms with E-state index in [4.69, 9.17) is 10.5 Å². The third kappa shape index (κ3) is 3.29. The molecule has 0 saturated carbocycles. The van der Waals surface area contributed by atoms with E-state index in [1.54, 1.807) is 24.3 Å². The summed E-state index contributed by atoms with van der Waals surface area (Å²) >= 11 is 0. The molecule has 3 N–H and O–H groups in total. The molecule has 1 aliphatic rings. The molecule has 0 radical (unpaired) electrons. The molecule has 2 rings (SSSR count). The van der Waals surface area contributed by atoms with Crippen LogP contribution in [0.4, 0.5) is 0 Å². The van der Waals surface area contributed by atoms with E-state index in [1.165, 1.54) is 0 Å². The molecule has 1 atom stereocenters. The van der Waals surface area contributed by atoms with Crippen molar-refractivity contribution in [2.24, 2.45) is 5.73 Å². The van der Waals surface area contributed by atoms with E-state index < -0.39 is 6.04 Å². The Balaban J connectivity index is 2.02. The smallest absolute Gasteiger partial charge is 0.240 e. The molecular formula is C15H22N2O3. The number of aromatic hydroxyl groups is 1. The zero-order chi connectivity index (χ0) is 14.8. The van der Waals surface area contributed by atoms with Gasteiger partial charge in [0.25, 0.3) is 0 Å². The molecule has 110 valence electrons. The van der Waals surface area contributed by atoms with Crippen LogP contribution in [0.25, 0.3) is 0 Å². The molecule has 5 heteroatoms. The van der Waals surface area contributed by atoms with Crippen molar-refractivity contribution in [3.63, 3.8) is 0 Å². The molecule has 0 aromatic heterocycles. The zero-order valence-corrected chi connectivity index (χ0v) is 12.0.